The van der Waals surface area contributed by atoms with Crippen molar-refractivity contribution in [2.75, 3.05) is 19.9 Å². The average molecular weight is 441 g/mol. The number of halogens is 1. The first kappa shape index (κ1) is 20.8. The lowest BCUT2D eigenvalue weighted by Crippen LogP contribution is -2.47. The summed E-state index contributed by atoms with van der Waals surface area (Å²) in [5.41, 5.74) is 0.887. The molecule has 0 aromatic heterocycles. The highest BCUT2D eigenvalue weighted by Crippen LogP contribution is 2.42. The zero-order chi connectivity index (χ0) is 20.0. The SMILES string of the molecule is O.O=S1(=O)OC2[C@@H](COc3ccc4c(c3)OCO4)[C@H](c3ccc(F)cc3)CCN2O1. The lowest BCUT2D eigenvalue weighted by molar-refractivity contribution is -0.151. The molecule has 1 unspecified atom stereocenters. The van der Waals surface area contributed by atoms with E-state index < -0.39 is 16.6 Å². The molecular weight excluding hydrogens is 421 g/mol. The second kappa shape index (κ2) is 8.00. The van der Waals surface area contributed by atoms with Gasteiger partial charge in [0.2, 0.25) is 6.79 Å². The standard InChI is InChI=1S/C19H18FNO7S.H2O/c20-13-3-1-12(2-4-13)15-7-8-21-19(27-29(22,23)28-21)16(15)10-24-14-5-6-17-18(9-14)26-11-25-17;/h1-6,9,15-16,19H,7-8,10-11H2;1H2/t15-,16-,19?;/m0./s1. The minimum Gasteiger partial charge on any atom is -0.493 e. The lowest BCUT2D eigenvalue weighted by atomic mass is 9.80. The Morgan fingerprint density at radius 2 is 1.87 bits per heavy atom. The van der Waals surface area contributed by atoms with Crippen molar-refractivity contribution in [3.63, 3.8) is 0 Å². The van der Waals surface area contributed by atoms with Gasteiger partial charge in [-0.25, -0.2) is 8.57 Å². The summed E-state index contributed by atoms with van der Waals surface area (Å²) in [5.74, 6) is 1.00. The van der Waals surface area contributed by atoms with Crippen molar-refractivity contribution < 1.29 is 41.0 Å². The third-order valence-corrected chi connectivity index (χ3v) is 6.12. The van der Waals surface area contributed by atoms with Gasteiger partial charge in [0.25, 0.3) is 0 Å². The summed E-state index contributed by atoms with van der Waals surface area (Å²) in [7, 11) is -4.09. The van der Waals surface area contributed by atoms with Gasteiger partial charge in [-0.05, 0) is 42.2 Å². The fraction of sp³-hybridized carbons (Fsp3) is 0.368. The van der Waals surface area contributed by atoms with Crippen molar-refractivity contribution in [3.05, 3.63) is 53.8 Å². The Kier molecular flexibility index (Phi) is 5.55. The van der Waals surface area contributed by atoms with E-state index in [-0.39, 0.29) is 36.5 Å². The largest absolute Gasteiger partial charge is 0.493 e. The topological polar surface area (TPSA) is 115 Å². The van der Waals surface area contributed by atoms with Crippen LogP contribution in [0.2, 0.25) is 0 Å². The highest BCUT2D eigenvalue weighted by molar-refractivity contribution is 7.82. The number of ether oxygens (including phenoxy) is 3. The third kappa shape index (κ3) is 3.94. The monoisotopic (exact) mass is 441 g/mol. The smallest absolute Gasteiger partial charge is 0.418 e. The molecule has 0 amide bonds. The zero-order valence-corrected chi connectivity index (χ0v) is 16.5. The molecule has 0 radical (unpaired) electrons. The number of fused-ring (bicyclic) bond motifs is 2. The molecule has 2 aromatic rings. The molecule has 3 aliphatic heterocycles. The second-order valence-electron chi connectivity index (χ2n) is 7.05. The Bertz CT molecular complexity index is 1020. The molecule has 30 heavy (non-hydrogen) atoms. The van der Waals surface area contributed by atoms with E-state index in [1.54, 1.807) is 30.3 Å². The maximum absolute atomic E-state index is 13.4. The van der Waals surface area contributed by atoms with Gasteiger partial charge < -0.3 is 19.7 Å². The van der Waals surface area contributed by atoms with Crippen LogP contribution in [-0.4, -0.2) is 45.1 Å². The molecule has 11 heteroatoms. The predicted molar refractivity (Wildman–Crippen MR) is 101 cm³/mol. The van der Waals surface area contributed by atoms with Gasteiger partial charge in [-0.1, -0.05) is 12.1 Å². The minimum absolute atomic E-state index is 0. The fourth-order valence-electron chi connectivity index (χ4n) is 3.96. The summed E-state index contributed by atoms with van der Waals surface area (Å²) in [5, 5.41) is 1.32. The van der Waals surface area contributed by atoms with Crippen LogP contribution in [0.3, 0.4) is 0 Å². The van der Waals surface area contributed by atoms with Gasteiger partial charge in [-0.15, -0.1) is 5.06 Å². The zero-order valence-electron chi connectivity index (χ0n) is 15.7. The number of piperidine rings is 1. The Hall–Kier alpha value is -2.44. The van der Waals surface area contributed by atoms with Crippen molar-refractivity contribution in [2.24, 2.45) is 5.92 Å². The van der Waals surface area contributed by atoms with Crippen molar-refractivity contribution >= 4 is 10.4 Å². The van der Waals surface area contributed by atoms with E-state index in [1.165, 1.54) is 17.2 Å². The molecule has 0 saturated carbocycles. The van der Waals surface area contributed by atoms with Crippen LogP contribution in [0.1, 0.15) is 17.9 Å². The molecule has 3 atom stereocenters. The molecule has 3 heterocycles. The molecule has 2 fully saturated rings. The fourth-order valence-corrected chi connectivity index (χ4v) is 4.87. The molecule has 5 rings (SSSR count). The number of benzene rings is 2. The van der Waals surface area contributed by atoms with Gasteiger partial charge in [0.1, 0.15) is 11.6 Å². The Morgan fingerprint density at radius 3 is 2.67 bits per heavy atom. The number of hydrogen-bond donors (Lipinski definition) is 0. The van der Waals surface area contributed by atoms with Gasteiger partial charge in [0.05, 0.1) is 6.61 Å². The maximum atomic E-state index is 13.4. The summed E-state index contributed by atoms with van der Waals surface area (Å²) >= 11 is 0. The van der Waals surface area contributed by atoms with E-state index in [4.69, 9.17) is 22.7 Å². The van der Waals surface area contributed by atoms with E-state index in [2.05, 4.69) is 0 Å². The van der Waals surface area contributed by atoms with Crippen molar-refractivity contribution in [1.82, 2.24) is 5.06 Å². The molecule has 0 bridgehead atoms. The highest BCUT2D eigenvalue weighted by atomic mass is 32.3. The normalized spacial score (nSPS) is 26.6. The van der Waals surface area contributed by atoms with Crippen LogP contribution in [0.25, 0.3) is 0 Å². The summed E-state index contributed by atoms with van der Waals surface area (Å²) in [6, 6.07) is 11.4. The quantitative estimate of drug-likeness (QED) is 0.705. The van der Waals surface area contributed by atoms with Crippen LogP contribution >= 0.6 is 0 Å². The van der Waals surface area contributed by atoms with Gasteiger partial charge in [-0.2, -0.15) is 12.7 Å². The van der Waals surface area contributed by atoms with Crippen LogP contribution in [0.15, 0.2) is 42.5 Å². The molecule has 3 aliphatic rings. The average Bonchev–Trinajstić information content (AvgIpc) is 3.28. The molecule has 9 nitrogen and oxygen atoms in total. The van der Waals surface area contributed by atoms with Crippen molar-refractivity contribution in [2.45, 2.75) is 18.6 Å². The number of hydroxylamine groups is 2. The second-order valence-corrected chi connectivity index (χ2v) is 8.20. The first-order valence-corrected chi connectivity index (χ1v) is 10.5. The van der Waals surface area contributed by atoms with Crippen LogP contribution in [0.5, 0.6) is 17.2 Å². The van der Waals surface area contributed by atoms with Crippen molar-refractivity contribution in [3.8, 4) is 17.2 Å². The Morgan fingerprint density at radius 1 is 1.10 bits per heavy atom. The summed E-state index contributed by atoms with van der Waals surface area (Å²) < 4.78 is 63.7. The molecular formula is C19H20FNO8S. The Balaban J connectivity index is 0.00000218. The predicted octanol–water partition coefficient (Wildman–Crippen LogP) is 1.75. The van der Waals surface area contributed by atoms with E-state index in [9.17, 15) is 12.8 Å². The Labute approximate surface area is 172 Å². The number of rotatable bonds is 4. The van der Waals surface area contributed by atoms with Crippen LogP contribution in [0, 0.1) is 11.7 Å². The molecule has 162 valence electrons. The molecule has 2 saturated heterocycles. The van der Waals surface area contributed by atoms with Gasteiger partial charge in [0, 0.05) is 18.5 Å². The summed E-state index contributed by atoms with van der Waals surface area (Å²) in [6.07, 6.45) is -0.214. The lowest BCUT2D eigenvalue weighted by Gasteiger charge is -2.38. The van der Waals surface area contributed by atoms with E-state index in [0.717, 1.165) is 5.56 Å². The van der Waals surface area contributed by atoms with Gasteiger partial charge in [0.15, 0.2) is 17.7 Å². The van der Waals surface area contributed by atoms with E-state index in [0.29, 0.717) is 30.2 Å². The molecule has 0 aliphatic carbocycles. The molecule has 0 spiro atoms. The molecule has 2 N–H and O–H groups in total. The minimum atomic E-state index is -4.09. The number of nitrogens with zero attached hydrogens (tertiary/aromatic N) is 1. The van der Waals surface area contributed by atoms with Gasteiger partial charge in [-0.3, -0.25) is 0 Å². The van der Waals surface area contributed by atoms with Crippen LogP contribution in [-0.2, 0) is 18.9 Å². The first-order chi connectivity index (χ1) is 14.0. The van der Waals surface area contributed by atoms with Crippen molar-refractivity contribution in [1.29, 1.82) is 0 Å². The van der Waals surface area contributed by atoms with Crippen LogP contribution in [0.4, 0.5) is 4.39 Å². The van der Waals surface area contributed by atoms with E-state index >= 15 is 0 Å². The first-order valence-electron chi connectivity index (χ1n) is 9.16. The summed E-state index contributed by atoms with van der Waals surface area (Å²) in [4.78, 5) is 0. The highest BCUT2D eigenvalue weighted by Gasteiger charge is 2.49. The van der Waals surface area contributed by atoms with Crippen LogP contribution < -0.4 is 14.2 Å². The molecule has 2 aromatic carbocycles. The van der Waals surface area contributed by atoms with Gasteiger partial charge >= 0.3 is 10.4 Å². The third-order valence-electron chi connectivity index (χ3n) is 5.32. The summed E-state index contributed by atoms with van der Waals surface area (Å²) in [6.45, 7) is 0.697. The number of hydrogen-bond acceptors (Lipinski definition) is 8. The van der Waals surface area contributed by atoms with E-state index in [1.807, 2.05) is 0 Å². The maximum Gasteiger partial charge on any atom is 0.418 e.